The third-order valence-electron chi connectivity index (χ3n) is 8.65. The Morgan fingerprint density at radius 2 is 1.90 bits per heavy atom. The van der Waals surface area contributed by atoms with Crippen LogP contribution in [0, 0.1) is 5.82 Å². The Labute approximate surface area is 237 Å². The number of pyridine rings is 1. The number of piperazine rings is 1. The highest BCUT2D eigenvalue weighted by Gasteiger charge is 2.34. The van der Waals surface area contributed by atoms with Crippen LogP contribution in [0.2, 0.25) is 5.02 Å². The number of hydrogen-bond acceptors (Lipinski definition) is 8. The topological polar surface area (TPSA) is 75.6 Å². The summed E-state index contributed by atoms with van der Waals surface area (Å²) >= 11 is 6.80. The summed E-state index contributed by atoms with van der Waals surface area (Å²) < 4.78 is 28.3. The van der Waals surface area contributed by atoms with Gasteiger partial charge in [-0.15, -0.1) is 0 Å². The molecule has 40 heavy (non-hydrogen) atoms. The zero-order valence-corrected chi connectivity index (χ0v) is 23.4. The number of anilines is 1. The molecule has 0 aliphatic carbocycles. The molecule has 5 heterocycles. The molecule has 208 valence electrons. The molecule has 1 N–H and O–H groups in total. The molecular formula is C30H32ClFN6O2. The van der Waals surface area contributed by atoms with Gasteiger partial charge in [-0.1, -0.05) is 35.9 Å². The zero-order valence-electron chi connectivity index (χ0n) is 22.7. The number of benzene rings is 2. The van der Waals surface area contributed by atoms with Crippen molar-refractivity contribution in [2.45, 2.75) is 43.8 Å². The average Bonchev–Trinajstić information content (AvgIpc) is 3.54. The predicted octanol–water partition coefficient (Wildman–Crippen LogP) is 5.06. The van der Waals surface area contributed by atoms with Gasteiger partial charge in [-0.3, -0.25) is 4.98 Å². The Kier molecular flexibility index (Phi) is 6.60. The first-order chi connectivity index (χ1) is 19.5. The summed E-state index contributed by atoms with van der Waals surface area (Å²) in [4.78, 5) is 18.6. The van der Waals surface area contributed by atoms with Gasteiger partial charge in [-0.2, -0.15) is 9.97 Å². The van der Waals surface area contributed by atoms with Crippen LogP contribution in [0.5, 0.6) is 11.8 Å². The molecular weight excluding hydrogens is 531 g/mol. The lowest BCUT2D eigenvalue weighted by molar-refractivity contribution is 0.188. The van der Waals surface area contributed by atoms with E-state index < -0.39 is 5.82 Å². The van der Waals surface area contributed by atoms with Crippen molar-refractivity contribution in [2.75, 3.05) is 45.3 Å². The second-order valence-corrected chi connectivity index (χ2v) is 11.5. The van der Waals surface area contributed by atoms with E-state index >= 15 is 4.39 Å². The number of rotatable bonds is 6. The summed E-state index contributed by atoms with van der Waals surface area (Å²) in [5.74, 6) is 0.571. The molecule has 0 radical (unpaired) electrons. The molecule has 2 aromatic heterocycles. The van der Waals surface area contributed by atoms with Gasteiger partial charge in [-0.05, 0) is 56.1 Å². The first-order valence-corrected chi connectivity index (χ1v) is 14.3. The predicted molar refractivity (Wildman–Crippen MR) is 155 cm³/mol. The molecule has 10 heteroatoms. The molecule has 0 amide bonds. The molecule has 2 aromatic carbocycles. The number of halogens is 2. The van der Waals surface area contributed by atoms with Crippen molar-refractivity contribution in [1.29, 1.82) is 0 Å². The van der Waals surface area contributed by atoms with Crippen molar-refractivity contribution in [1.82, 2.24) is 25.2 Å². The molecule has 0 spiro atoms. The number of nitrogens with one attached hydrogen (secondary N) is 1. The number of nitrogens with zero attached hydrogens (tertiary/aromatic N) is 5. The number of methoxy groups -OCH3 is 1. The van der Waals surface area contributed by atoms with Crippen LogP contribution >= 0.6 is 11.6 Å². The Hall–Kier alpha value is -3.27. The van der Waals surface area contributed by atoms with Crippen molar-refractivity contribution < 1.29 is 13.9 Å². The maximum Gasteiger partial charge on any atom is 0.319 e. The minimum absolute atomic E-state index is 0.124. The number of ether oxygens (including phenoxy) is 2. The highest BCUT2D eigenvalue weighted by atomic mass is 35.5. The van der Waals surface area contributed by atoms with Crippen LogP contribution < -0.4 is 19.7 Å². The quantitative estimate of drug-likeness (QED) is 0.349. The molecule has 3 fully saturated rings. The van der Waals surface area contributed by atoms with Gasteiger partial charge in [0.05, 0.1) is 17.5 Å². The summed E-state index contributed by atoms with van der Waals surface area (Å²) in [6.07, 6.45) is 6.12. The second kappa shape index (κ2) is 10.3. The van der Waals surface area contributed by atoms with E-state index in [1.807, 2.05) is 30.3 Å². The van der Waals surface area contributed by atoms with Crippen LogP contribution in [0.15, 0.2) is 36.5 Å². The lowest BCUT2D eigenvalue weighted by Crippen LogP contribution is -2.51. The van der Waals surface area contributed by atoms with E-state index in [9.17, 15) is 0 Å². The first kappa shape index (κ1) is 25.7. The van der Waals surface area contributed by atoms with Crippen molar-refractivity contribution in [3.8, 4) is 23.0 Å². The van der Waals surface area contributed by atoms with Crippen molar-refractivity contribution >= 4 is 39.1 Å². The molecule has 2 unspecified atom stereocenters. The second-order valence-electron chi connectivity index (χ2n) is 11.1. The van der Waals surface area contributed by atoms with E-state index in [0.717, 1.165) is 56.1 Å². The molecule has 0 saturated carbocycles. The smallest absolute Gasteiger partial charge is 0.319 e. The van der Waals surface area contributed by atoms with Crippen molar-refractivity contribution in [2.24, 2.45) is 0 Å². The number of fused-ring (bicyclic) bond motifs is 4. The van der Waals surface area contributed by atoms with E-state index in [0.29, 0.717) is 46.2 Å². The fraction of sp³-hybridized carbons (Fsp3) is 0.433. The maximum atomic E-state index is 16.6. The van der Waals surface area contributed by atoms with E-state index in [1.54, 1.807) is 13.3 Å². The van der Waals surface area contributed by atoms with Gasteiger partial charge in [-0.25, -0.2) is 4.39 Å². The van der Waals surface area contributed by atoms with Crippen LogP contribution in [0.25, 0.3) is 32.9 Å². The summed E-state index contributed by atoms with van der Waals surface area (Å²) in [6, 6.07) is 10.8. The van der Waals surface area contributed by atoms with Crippen LogP contribution in [0.4, 0.5) is 10.2 Å². The van der Waals surface area contributed by atoms with Crippen molar-refractivity contribution in [3.05, 3.63) is 47.4 Å². The summed E-state index contributed by atoms with van der Waals surface area (Å²) in [5.41, 5.74) is 0.782. The van der Waals surface area contributed by atoms with Gasteiger partial charge >= 0.3 is 6.01 Å². The van der Waals surface area contributed by atoms with Gasteiger partial charge in [0.15, 0.2) is 5.82 Å². The Balaban J connectivity index is 1.38. The molecule has 4 aromatic rings. The highest BCUT2D eigenvalue weighted by Crippen LogP contribution is 2.43. The van der Waals surface area contributed by atoms with E-state index in [-0.39, 0.29) is 23.3 Å². The molecule has 3 atom stereocenters. The Bertz CT molecular complexity index is 1590. The molecule has 3 aliphatic rings. The van der Waals surface area contributed by atoms with Crippen LogP contribution in [-0.4, -0.2) is 78.4 Å². The van der Waals surface area contributed by atoms with E-state index in [1.165, 1.54) is 0 Å². The molecule has 3 aliphatic heterocycles. The van der Waals surface area contributed by atoms with Gasteiger partial charge in [0, 0.05) is 43.0 Å². The number of hydrogen-bond donors (Lipinski definition) is 1. The third-order valence-corrected chi connectivity index (χ3v) is 9.02. The Morgan fingerprint density at radius 3 is 2.65 bits per heavy atom. The van der Waals surface area contributed by atoms with E-state index in [2.05, 4.69) is 32.1 Å². The fourth-order valence-electron chi connectivity index (χ4n) is 6.51. The van der Waals surface area contributed by atoms with Crippen molar-refractivity contribution in [3.63, 3.8) is 0 Å². The summed E-state index contributed by atoms with van der Waals surface area (Å²) in [7, 11) is 3.65. The van der Waals surface area contributed by atoms with Gasteiger partial charge < -0.3 is 24.6 Å². The lowest BCUT2D eigenvalue weighted by atomic mass is 10.00. The molecule has 2 bridgehead atoms. The molecule has 7 rings (SSSR count). The monoisotopic (exact) mass is 562 g/mol. The standard InChI is InChI=1S/C30H32ClFN6O2/c1-37-11-5-7-20(37)16-40-30-35-27-22(29(36-30)38-14-18-9-10-19(15-38)34-18)13-33-28(26(27)32)24-21-8-4-3-6-17(21)12-23(39-2)25(24)31/h3-4,6,8,12-13,18-20,34H,5,7,9-11,14-16H2,1-2H3/t18?,19?,20-/m0/s1. The zero-order chi connectivity index (χ0) is 27.4. The minimum atomic E-state index is -0.553. The third kappa shape index (κ3) is 4.40. The van der Waals surface area contributed by atoms with Gasteiger partial charge in [0.1, 0.15) is 29.4 Å². The first-order valence-electron chi connectivity index (χ1n) is 14.0. The van der Waals surface area contributed by atoms with Gasteiger partial charge in [0.25, 0.3) is 0 Å². The van der Waals surface area contributed by atoms with Crippen LogP contribution in [-0.2, 0) is 0 Å². The minimum Gasteiger partial charge on any atom is -0.495 e. The lowest BCUT2D eigenvalue weighted by Gasteiger charge is -2.34. The Morgan fingerprint density at radius 1 is 1.10 bits per heavy atom. The van der Waals surface area contributed by atoms with Crippen LogP contribution in [0.3, 0.4) is 0 Å². The number of aromatic nitrogens is 3. The molecule has 3 saturated heterocycles. The summed E-state index contributed by atoms with van der Waals surface area (Å²) in [6.45, 7) is 3.09. The largest absolute Gasteiger partial charge is 0.495 e. The fourth-order valence-corrected chi connectivity index (χ4v) is 6.83. The SMILES string of the molecule is COc1cc2ccccc2c(-c2ncc3c(N4CC5CCC(C4)N5)nc(OC[C@@H]4CCCN4C)nc3c2F)c1Cl. The average molecular weight is 563 g/mol. The normalized spacial score (nSPS) is 22.9. The summed E-state index contributed by atoms with van der Waals surface area (Å²) in [5, 5.41) is 6.19. The highest BCUT2D eigenvalue weighted by molar-refractivity contribution is 6.36. The van der Waals surface area contributed by atoms with E-state index in [4.69, 9.17) is 26.1 Å². The number of likely N-dealkylation sites (N-methyl/N-ethyl adjacent to an activating group) is 1. The number of likely N-dealkylation sites (tertiary alicyclic amines) is 1. The van der Waals surface area contributed by atoms with Crippen LogP contribution in [0.1, 0.15) is 25.7 Å². The molecule has 8 nitrogen and oxygen atoms in total. The van der Waals surface area contributed by atoms with Gasteiger partial charge in [0.2, 0.25) is 0 Å². The maximum absolute atomic E-state index is 16.6.